The number of nitrogens with zero attached hydrogens (tertiary/aromatic N) is 1. The van der Waals surface area contributed by atoms with Crippen LogP contribution in [0.2, 0.25) is 0 Å². The van der Waals surface area contributed by atoms with E-state index in [9.17, 15) is 9.59 Å². The SMILES string of the molecule is COCCCNC(=O)N1CCCCC1CCC(=O)O. The fourth-order valence-corrected chi connectivity index (χ4v) is 2.37. The molecule has 19 heavy (non-hydrogen) atoms. The number of carboxylic acid groups (broad SMARTS) is 1. The average molecular weight is 272 g/mol. The van der Waals surface area contributed by atoms with Gasteiger partial charge in [-0.1, -0.05) is 0 Å². The van der Waals surface area contributed by atoms with E-state index in [1.54, 1.807) is 12.0 Å². The minimum Gasteiger partial charge on any atom is -0.481 e. The second-order valence-electron chi connectivity index (χ2n) is 4.85. The van der Waals surface area contributed by atoms with E-state index in [0.29, 0.717) is 19.6 Å². The van der Waals surface area contributed by atoms with Crippen molar-refractivity contribution in [3.63, 3.8) is 0 Å². The Bertz CT molecular complexity index is 296. The van der Waals surface area contributed by atoms with Crippen molar-refractivity contribution in [3.8, 4) is 0 Å². The summed E-state index contributed by atoms with van der Waals surface area (Å²) in [4.78, 5) is 24.5. The first kappa shape index (κ1) is 15.8. The molecule has 1 fully saturated rings. The Morgan fingerprint density at radius 3 is 2.89 bits per heavy atom. The summed E-state index contributed by atoms with van der Waals surface area (Å²) in [5, 5.41) is 11.6. The summed E-state index contributed by atoms with van der Waals surface area (Å²) in [5.41, 5.74) is 0. The topological polar surface area (TPSA) is 78.9 Å². The van der Waals surface area contributed by atoms with Crippen LogP contribution < -0.4 is 5.32 Å². The molecule has 0 aromatic heterocycles. The third-order valence-electron chi connectivity index (χ3n) is 3.38. The summed E-state index contributed by atoms with van der Waals surface area (Å²) < 4.78 is 4.92. The lowest BCUT2D eigenvalue weighted by molar-refractivity contribution is -0.137. The predicted molar refractivity (Wildman–Crippen MR) is 71.1 cm³/mol. The van der Waals surface area contributed by atoms with Crippen LogP contribution in [0, 0.1) is 0 Å². The molecule has 1 saturated heterocycles. The van der Waals surface area contributed by atoms with Crippen molar-refractivity contribution in [3.05, 3.63) is 0 Å². The van der Waals surface area contributed by atoms with Crippen molar-refractivity contribution >= 4 is 12.0 Å². The molecule has 0 saturated carbocycles. The molecule has 0 radical (unpaired) electrons. The van der Waals surface area contributed by atoms with Gasteiger partial charge in [-0.05, 0) is 32.1 Å². The first-order valence-electron chi connectivity index (χ1n) is 6.90. The second kappa shape index (κ2) is 8.74. The number of rotatable bonds is 7. The van der Waals surface area contributed by atoms with E-state index in [0.717, 1.165) is 32.2 Å². The molecule has 2 N–H and O–H groups in total. The molecule has 6 nitrogen and oxygen atoms in total. The number of hydrogen-bond acceptors (Lipinski definition) is 3. The van der Waals surface area contributed by atoms with Crippen molar-refractivity contribution in [2.24, 2.45) is 0 Å². The zero-order valence-electron chi connectivity index (χ0n) is 11.6. The van der Waals surface area contributed by atoms with Gasteiger partial charge in [0.2, 0.25) is 0 Å². The molecule has 6 heteroatoms. The number of nitrogens with one attached hydrogen (secondary N) is 1. The Balaban J connectivity index is 2.37. The van der Waals surface area contributed by atoms with Gasteiger partial charge in [0.15, 0.2) is 0 Å². The number of hydrogen-bond donors (Lipinski definition) is 2. The van der Waals surface area contributed by atoms with Crippen molar-refractivity contribution < 1.29 is 19.4 Å². The molecule has 0 bridgehead atoms. The van der Waals surface area contributed by atoms with E-state index in [4.69, 9.17) is 9.84 Å². The summed E-state index contributed by atoms with van der Waals surface area (Å²) in [6.07, 6.45) is 4.42. The Labute approximate surface area is 114 Å². The Kier molecular flexibility index (Phi) is 7.25. The van der Waals surface area contributed by atoms with Crippen LogP contribution in [0.4, 0.5) is 4.79 Å². The number of ether oxygens (including phenoxy) is 1. The number of carbonyl (C=O) groups excluding carboxylic acids is 1. The quantitative estimate of drug-likeness (QED) is 0.688. The summed E-state index contributed by atoms with van der Waals surface area (Å²) in [7, 11) is 1.63. The normalized spacial score (nSPS) is 19.2. The standard InChI is InChI=1S/C13H24N2O4/c1-19-10-4-8-14-13(18)15-9-3-2-5-11(15)6-7-12(16)17/h11H,2-10H2,1H3,(H,14,18)(H,16,17). The fourth-order valence-electron chi connectivity index (χ4n) is 2.37. The lowest BCUT2D eigenvalue weighted by atomic mass is 9.98. The molecule has 1 heterocycles. The third kappa shape index (κ3) is 5.92. The van der Waals surface area contributed by atoms with E-state index in [1.807, 2.05) is 0 Å². The molecule has 0 aromatic rings. The van der Waals surface area contributed by atoms with E-state index < -0.39 is 5.97 Å². The van der Waals surface area contributed by atoms with E-state index in [2.05, 4.69) is 5.32 Å². The van der Waals surface area contributed by atoms with Gasteiger partial charge in [0.1, 0.15) is 0 Å². The predicted octanol–water partition coefficient (Wildman–Crippen LogP) is 1.45. The highest BCUT2D eigenvalue weighted by Gasteiger charge is 2.26. The van der Waals surface area contributed by atoms with Gasteiger partial charge in [-0.2, -0.15) is 0 Å². The molecule has 2 amide bonds. The Morgan fingerprint density at radius 1 is 1.42 bits per heavy atom. The van der Waals surface area contributed by atoms with Crippen molar-refractivity contribution in [1.82, 2.24) is 10.2 Å². The van der Waals surface area contributed by atoms with Crippen molar-refractivity contribution in [2.45, 2.75) is 44.6 Å². The summed E-state index contributed by atoms with van der Waals surface area (Å²) in [5.74, 6) is -0.800. The molecule has 0 aliphatic carbocycles. The molecule has 0 spiro atoms. The molecular formula is C13H24N2O4. The largest absolute Gasteiger partial charge is 0.481 e. The number of methoxy groups -OCH3 is 1. The van der Waals surface area contributed by atoms with Gasteiger partial charge in [-0.3, -0.25) is 4.79 Å². The monoisotopic (exact) mass is 272 g/mol. The van der Waals surface area contributed by atoms with Crippen LogP contribution in [0.5, 0.6) is 0 Å². The number of urea groups is 1. The van der Waals surface area contributed by atoms with Gasteiger partial charge in [-0.15, -0.1) is 0 Å². The van der Waals surface area contributed by atoms with Crippen LogP contribution in [0.3, 0.4) is 0 Å². The molecule has 1 aliphatic rings. The molecule has 1 atom stereocenters. The van der Waals surface area contributed by atoms with Gasteiger partial charge >= 0.3 is 12.0 Å². The van der Waals surface area contributed by atoms with Crippen molar-refractivity contribution in [2.75, 3.05) is 26.8 Å². The van der Waals surface area contributed by atoms with E-state index >= 15 is 0 Å². The van der Waals surface area contributed by atoms with Gasteiger partial charge in [0, 0.05) is 39.3 Å². The van der Waals surface area contributed by atoms with Gasteiger partial charge in [0.25, 0.3) is 0 Å². The van der Waals surface area contributed by atoms with Gasteiger partial charge in [0.05, 0.1) is 0 Å². The van der Waals surface area contributed by atoms with Crippen LogP contribution in [-0.2, 0) is 9.53 Å². The Hall–Kier alpha value is -1.30. The maximum atomic E-state index is 12.0. The molecule has 110 valence electrons. The summed E-state index contributed by atoms with van der Waals surface area (Å²) in [6.45, 7) is 1.94. The number of piperidine rings is 1. The Morgan fingerprint density at radius 2 is 2.21 bits per heavy atom. The lowest BCUT2D eigenvalue weighted by Crippen LogP contribution is -2.49. The first-order chi connectivity index (χ1) is 9.15. The van der Waals surface area contributed by atoms with E-state index in [1.165, 1.54) is 0 Å². The smallest absolute Gasteiger partial charge is 0.317 e. The lowest BCUT2D eigenvalue weighted by Gasteiger charge is -2.35. The van der Waals surface area contributed by atoms with Crippen LogP contribution in [0.15, 0.2) is 0 Å². The average Bonchev–Trinajstić information content (AvgIpc) is 2.41. The second-order valence-corrected chi connectivity index (χ2v) is 4.85. The number of aliphatic carboxylic acids is 1. The minimum atomic E-state index is -0.800. The van der Waals surface area contributed by atoms with E-state index in [-0.39, 0.29) is 18.5 Å². The highest BCUT2D eigenvalue weighted by atomic mass is 16.5. The third-order valence-corrected chi connectivity index (χ3v) is 3.38. The maximum Gasteiger partial charge on any atom is 0.317 e. The van der Waals surface area contributed by atoms with Crippen LogP contribution >= 0.6 is 0 Å². The molecule has 1 unspecified atom stereocenters. The number of amides is 2. The number of carbonyl (C=O) groups is 2. The number of likely N-dealkylation sites (tertiary alicyclic amines) is 1. The zero-order valence-corrected chi connectivity index (χ0v) is 11.6. The zero-order chi connectivity index (χ0) is 14.1. The summed E-state index contributed by atoms with van der Waals surface area (Å²) >= 11 is 0. The van der Waals surface area contributed by atoms with Gasteiger partial charge < -0.3 is 20.1 Å². The van der Waals surface area contributed by atoms with Crippen molar-refractivity contribution in [1.29, 1.82) is 0 Å². The van der Waals surface area contributed by atoms with Crippen LogP contribution in [0.25, 0.3) is 0 Å². The highest BCUT2D eigenvalue weighted by Crippen LogP contribution is 2.20. The van der Waals surface area contributed by atoms with Crippen LogP contribution in [0.1, 0.15) is 38.5 Å². The molecule has 1 aliphatic heterocycles. The van der Waals surface area contributed by atoms with Gasteiger partial charge in [-0.25, -0.2) is 4.79 Å². The first-order valence-corrected chi connectivity index (χ1v) is 6.90. The number of carboxylic acids is 1. The highest BCUT2D eigenvalue weighted by molar-refractivity contribution is 5.74. The molecular weight excluding hydrogens is 248 g/mol. The molecule has 1 rings (SSSR count). The maximum absolute atomic E-state index is 12.0. The molecule has 0 aromatic carbocycles. The summed E-state index contributed by atoms with van der Waals surface area (Å²) in [6, 6.07) is -0.0153. The fraction of sp³-hybridized carbons (Fsp3) is 0.846. The van der Waals surface area contributed by atoms with Crippen LogP contribution in [-0.4, -0.2) is 54.9 Å². The minimum absolute atomic E-state index is 0.0623.